The Balaban J connectivity index is 2.01. The van der Waals surface area contributed by atoms with Crippen molar-refractivity contribution in [2.75, 3.05) is 29.9 Å². The Morgan fingerprint density at radius 2 is 2.00 bits per heavy atom. The average Bonchev–Trinajstić information content (AvgIpc) is 2.77. The molecule has 1 aliphatic heterocycles. The minimum Gasteiger partial charge on any atom is -0.397 e. The molecule has 0 radical (unpaired) electrons. The van der Waals surface area contributed by atoms with E-state index in [9.17, 15) is 4.79 Å². The summed E-state index contributed by atoms with van der Waals surface area (Å²) in [5, 5.41) is 2.97. The number of nitrogen functional groups attached to an aromatic ring is 1. The SMILES string of the molecule is CCCSc1ccc(N)c(NC(=O)N2CCCCCC2)c1. The van der Waals surface area contributed by atoms with E-state index in [4.69, 9.17) is 5.73 Å². The molecular weight excluding hydrogens is 282 g/mol. The summed E-state index contributed by atoms with van der Waals surface area (Å²) in [5.74, 6) is 1.07. The number of hydrogen-bond acceptors (Lipinski definition) is 3. The Morgan fingerprint density at radius 1 is 1.29 bits per heavy atom. The summed E-state index contributed by atoms with van der Waals surface area (Å²) in [6.07, 6.45) is 5.75. The lowest BCUT2D eigenvalue weighted by Gasteiger charge is -2.21. The molecule has 4 nitrogen and oxygen atoms in total. The largest absolute Gasteiger partial charge is 0.397 e. The maximum absolute atomic E-state index is 12.4. The third-order valence-corrected chi connectivity index (χ3v) is 4.83. The molecule has 21 heavy (non-hydrogen) atoms. The second-order valence-electron chi connectivity index (χ2n) is 5.43. The van der Waals surface area contributed by atoms with Crippen molar-refractivity contribution in [2.24, 2.45) is 0 Å². The van der Waals surface area contributed by atoms with Crippen molar-refractivity contribution in [3.63, 3.8) is 0 Å². The van der Waals surface area contributed by atoms with Gasteiger partial charge < -0.3 is 16.0 Å². The van der Waals surface area contributed by atoms with E-state index < -0.39 is 0 Å². The van der Waals surface area contributed by atoms with Gasteiger partial charge in [0, 0.05) is 18.0 Å². The molecule has 0 bridgehead atoms. The first-order chi connectivity index (χ1) is 10.2. The maximum Gasteiger partial charge on any atom is 0.321 e. The highest BCUT2D eigenvalue weighted by Crippen LogP contribution is 2.27. The molecule has 0 aliphatic carbocycles. The first kappa shape index (κ1) is 16.0. The van der Waals surface area contributed by atoms with Crippen LogP contribution in [0.2, 0.25) is 0 Å². The topological polar surface area (TPSA) is 58.4 Å². The van der Waals surface area contributed by atoms with Gasteiger partial charge in [0.25, 0.3) is 0 Å². The van der Waals surface area contributed by atoms with Crippen LogP contribution in [-0.4, -0.2) is 29.8 Å². The van der Waals surface area contributed by atoms with Gasteiger partial charge >= 0.3 is 6.03 Å². The molecule has 0 spiro atoms. The quantitative estimate of drug-likeness (QED) is 0.648. The van der Waals surface area contributed by atoms with Crippen LogP contribution in [0.15, 0.2) is 23.1 Å². The van der Waals surface area contributed by atoms with Crippen LogP contribution < -0.4 is 11.1 Å². The first-order valence-electron chi connectivity index (χ1n) is 7.79. The van der Waals surface area contributed by atoms with Crippen molar-refractivity contribution in [2.45, 2.75) is 43.9 Å². The molecule has 0 atom stereocenters. The number of carbonyl (C=O) groups is 1. The number of nitrogens with two attached hydrogens (primary N) is 1. The predicted molar refractivity (Wildman–Crippen MR) is 90.9 cm³/mol. The van der Waals surface area contributed by atoms with E-state index >= 15 is 0 Å². The summed E-state index contributed by atoms with van der Waals surface area (Å²) in [6.45, 7) is 3.85. The van der Waals surface area contributed by atoms with Crippen molar-refractivity contribution in [1.82, 2.24) is 4.90 Å². The molecule has 1 aromatic rings. The Bertz CT molecular complexity index is 471. The van der Waals surface area contributed by atoms with Crippen molar-refractivity contribution >= 4 is 29.2 Å². The average molecular weight is 307 g/mol. The van der Waals surface area contributed by atoms with E-state index in [0.29, 0.717) is 5.69 Å². The fourth-order valence-electron chi connectivity index (χ4n) is 2.42. The maximum atomic E-state index is 12.4. The fraction of sp³-hybridized carbons (Fsp3) is 0.562. The lowest BCUT2D eigenvalue weighted by atomic mass is 10.2. The van der Waals surface area contributed by atoms with Crippen molar-refractivity contribution in [3.8, 4) is 0 Å². The van der Waals surface area contributed by atoms with Gasteiger partial charge in [-0.25, -0.2) is 4.79 Å². The number of thioether (sulfide) groups is 1. The van der Waals surface area contributed by atoms with Gasteiger partial charge in [-0.2, -0.15) is 0 Å². The molecule has 2 amide bonds. The highest BCUT2D eigenvalue weighted by molar-refractivity contribution is 7.99. The van der Waals surface area contributed by atoms with Crippen LogP contribution >= 0.6 is 11.8 Å². The summed E-state index contributed by atoms with van der Waals surface area (Å²) >= 11 is 1.79. The number of hydrogen-bond donors (Lipinski definition) is 2. The number of anilines is 2. The van der Waals surface area contributed by atoms with Crippen LogP contribution in [0.4, 0.5) is 16.2 Å². The molecule has 1 aromatic carbocycles. The van der Waals surface area contributed by atoms with Crippen molar-refractivity contribution in [3.05, 3.63) is 18.2 Å². The summed E-state index contributed by atoms with van der Waals surface area (Å²) in [4.78, 5) is 15.4. The van der Waals surface area contributed by atoms with Crippen LogP contribution in [0.3, 0.4) is 0 Å². The van der Waals surface area contributed by atoms with Crippen LogP contribution in [0, 0.1) is 0 Å². The van der Waals surface area contributed by atoms with Gasteiger partial charge in [0.1, 0.15) is 0 Å². The highest BCUT2D eigenvalue weighted by atomic mass is 32.2. The van der Waals surface area contributed by atoms with Gasteiger partial charge in [0.2, 0.25) is 0 Å². The van der Waals surface area contributed by atoms with Gasteiger partial charge in [0.15, 0.2) is 0 Å². The number of amides is 2. The second-order valence-corrected chi connectivity index (χ2v) is 6.60. The second kappa shape index (κ2) is 8.17. The molecule has 2 rings (SSSR count). The lowest BCUT2D eigenvalue weighted by Crippen LogP contribution is -2.35. The summed E-state index contributed by atoms with van der Waals surface area (Å²) in [7, 11) is 0. The number of nitrogens with zero attached hydrogens (tertiary/aromatic N) is 1. The molecule has 0 saturated carbocycles. The molecule has 1 aliphatic rings. The van der Waals surface area contributed by atoms with E-state index in [-0.39, 0.29) is 6.03 Å². The van der Waals surface area contributed by atoms with Crippen LogP contribution in [0.1, 0.15) is 39.0 Å². The van der Waals surface area contributed by atoms with Crippen LogP contribution in [-0.2, 0) is 0 Å². The molecule has 3 N–H and O–H groups in total. The highest BCUT2D eigenvalue weighted by Gasteiger charge is 2.16. The van der Waals surface area contributed by atoms with E-state index in [1.807, 2.05) is 23.1 Å². The molecule has 1 fully saturated rings. The molecule has 0 unspecified atom stereocenters. The van der Waals surface area contributed by atoms with Crippen molar-refractivity contribution in [1.29, 1.82) is 0 Å². The monoisotopic (exact) mass is 307 g/mol. The number of likely N-dealkylation sites (tertiary alicyclic amines) is 1. The van der Waals surface area contributed by atoms with Crippen LogP contribution in [0.25, 0.3) is 0 Å². The molecular formula is C16H25N3OS. The normalized spacial score (nSPS) is 15.6. The Labute approximate surface area is 131 Å². The smallest absolute Gasteiger partial charge is 0.321 e. The number of nitrogens with one attached hydrogen (secondary N) is 1. The molecule has 1 saturated heterocycles. The van der Waals surface area contributed by atoms with Crippen LogP contribution in [0.5, 0.6) is 0 Å². The lowest BCUT2D eigenvalue weighted by molar-refractivity contribution is 0.214. The Hall–Kier alpha value is -1.36. The minimum atomic E-state index is -0.0266. The van der Waals surface area contributed by atoms with Gasteiger partial charge in [-0.05, 0) is 43.2 Å². The molecule has 1 heterocycles. The number of rotatable bonds is 4. The molecule has 0 aromatic heterocycles. The zero-order valence-electron chi connectivity index (χ0n) is 12.7. The first-order valence-corrected chi connectivity index (χ1v) is 8.77. The van der Waals surface area contributed by atoms with E-state index in [1.165, 1.54) is 12.8 Å². The number of carbonyl (C=O) groups excluding carboxylic acids is 1. The Kier molecular flexibility index (Phi) is 6.23. The molecule has 5 heteroatoms. The summed E-state index contributed by atoms with van der Waals surface area (Å²) < 4.78 is 0. The van der Waals surface area contributed by atoms with Gasteiger partial charge in [-0.15, -0.1) is 11.8 Å². The van der Waals surface area contributed by atoms with E-state index in [2.05, 4.69) is 12.2 Å². The Morgan fingerprint density at radius 3 is 2.67 bits per heavy atom. The number of benzene rings is 1. The number of urea groups is 1. The summed E-state index contributed by atoms with van der Waals surface area (Å²) in [6, 6.07) is 5.83. The zero-order chi connectivity index (χ0) is 15.1. The van der Waals surface area contributed by atoms with E-state index in [0.717, 1.165) is 48.7 Å². The third-order valence-electron chi connectivity index (χ3n) is 3.63. The van der Waals surface area contributed by atoms with Gasteiger partial charge in [0.05, 0.1) is 11.4 Å². The van der Waals surface area contributed by atoms with E-state index in [1.54, 1.807) is 11.8 Å². The zero-order valence-corrected chi connectivity index (χ0v) is 13.5. The third kappa shape index (κ3) is 4.84. The standard InChI is InChI=1S/C16H25N3OS/c1-2-11-21-13-7-8-14(17)15(12-13)18-16(20)19-9-5-3-4-6-10-19/h7-8,12H,2-6,9-11,17H2,1H3,(H,18,20). The molecule has 116 valence electrons. The predicted octanol–water partition coefficient (Wildman–Crippen LogP) is 4.18. The van der Waals surface area contributed by atoms with Gasteiger partial charge in [-0.1, -0.05) is 19.8 Å². The van der Waals surface area contributed by atoms with Crippen molar-refractivity contribution < 1.29 is 4.79 Å². The summed E-state index contributed by atoms with van der Waals surface area (Å²) in [5.41, 5.74) is 7.34. The fourth-order valence-corrected chi connectivity index (χ4v) is 3.23. The minimum absolute atomic E-state index is 0.0266. The van der Waals surface area contributed by atoms with Gasteiger partial charge in [-0.3, -0.25) is 0 Å².